The molecule has 0 spiro atoms. The summed E-state index contributed by atoms with van der Waals surface area (Å²) in [5.41, 5.74) is 2.25. The zero-order valence-electron chi connectivity index (χ0n) is 14.8. The lowest BCUT2D eigenvalue weighted by Gasteiger charge is -2.20. The molecule has 26 heavy (non-hydrogen) atoms. The van der Waals surface area contributed by atoms with Gasteiger partial charge in [0, 0.05) is 19.4 Å². The van der Waals surface area contributed by atoms with Gasteiger partial charge in [-0.1, -0.05) is 29.8 Å². The summed E-state index contributed by atoms with van der Waals surface area (Å²) in [6.07, 6.45) is 3.33. The van der Waals surface area contributed by atoms with Gasteiger partial charge in [-0.15, -0.1) is 0 Å². The first-order valence-corrected chi connectivity index (χ1v) is 9.58. The molecular weight excluding hydrogens is 353 g/mol. The number of benzene rings is 2. The molecule has 0 radical (unpaired) electrons. The van der Waals surface area contributed by atoms with Gasteiger partial charge in [0.05, 0.1) is 4.90 Å². The average molecular weight is 373 g/mol. The summed E-state index contributed by atoms with van der Waals surface area (Å²) in [6.45, 7) is 3.67. The summed E-state index contributed by atoms with van der Waals surface area (Å²) in [5, 5.41) is 0. The average Bonchev–Trinajstić information content (AvgIpc) is 2.99. The van der Waals surface area contributed by atoms with E-state index in [4.69, 9.17) is 0 Å². The van der Waals surface area contributed by atoms with E-state index in [9.17, 15) is 12.8 Å². The molecule has 0 fully saturated rings. The summed E-state index contributed by atoms with van der Waals surface area (Å²) in [6, 6.07) is 10.2. The summed E-state index contributed by atoms with van der Waals surface area (Å²) in [4.78, 5) is 4.48. The van der Waals surface area contributed by atoms with Crippen molar-refractivity contribution < 1.29 is 12.8 Å². The molecule has 5 nitrogen and oxygen atoms in total. The fraction of sp³-hybridized carbons (Fsp3) is 0.211. The van der Waals surface area contributed by atoms with Crippen molar-refractivity contribution >= 4 is 10.0 Å². The molecule has 3 aromatic rings. The van der Waals surface area contributed by atoms with Crippen LogP contribution in [0.3, 0.4) is 0 Å². The molecule has 1 aromatic heterocycles. The van der Waals surface area contributed by atoms with E-state index in [0.29, 0.717) is 17.0 Å². The zero-order valence-corrected chi connectivity index (χ0v) is 15.6. The minimum atomic E-state index is -3.81. The van der Waals surface area contributed by atoms with Crippen LogP contribution in [0.4, 0.5) is 4.39 Å². The Balaban J connectivity index is 2.05. The van der Waals surface area contributed by atoms with Crippen molar-refractivity contribution in [3.05, 3.63) is 83.2 Å². The molecule has 2 aromatic carbocycles. The Labute approximate surface area is 152 Å². The molecular formula is C19H20FN3O2S. The minimum Gasteiger partial charge on any atom is -0.336 e. The second-order valence-corrected chi connectivity index (χ2v) is 7.95. The van der Waals surface area contributed by atoms with E-state index < -0.39 is 16.1 Å². The van der Waals surface area contributed by atoms with Gasteiger partial charge < -0.3 is 4.57 Å². The van der Waals surface area contributed by atoms with E-state index in [1.165, 1.54) is 12.1 Å². The molecule has 0 aliphatic heterocycles. The predicted octanol–water partition coefficient (Wildman–Crippen LogP) is 3.24. The van der Waals surface area contributed by atoms with Crippen molar-refractivity contribution in [2.24, 2.45) is 7.05 Å². The van der Waals surface area contributed by atoms with Crippen molar-refractivity contribution in [3.63, 3.8) is 0 Å². The number of sulfonamides is 1. The van der Waals surface area contributed by atoms with Crippen LogP contribution in [-0.4, -0.2) is 18.0 Å². The maximum Gasteiger partial charge on any atom is 0.241 e. The molecule has 1 heterocycles. The summed E-state index contributed by atoms with van der Waals surface area (Å²) < 4.78 is 43.8. The number of aryl methyl sites for hydroxylation is 3. The van der Waals surface area contributed by atoms with Crippen LogP contribution in [0.15, 0.2) is 59.8 Å². The SMILES string of the molecule is Cc1ccc(S(=O)(=O)N[C@H](c2ccc(F)cc2)c2nccn2C)c(C)c1. The Morgan fingerprint density at radius 2 is 1.81 bits per heavy atom. The topological polar surface area (TPSA) is 64.0 Å². The third-order valence-electron chi connectivity index (χ3n) is 4.21. The molecule has 0 saturated heterocycles. The van der Waals surface area contributed by atoms with Gasteiger partial charge in [0.2, 0.25) is 10.0 Å². The van der Waals surface area contributed by atoms with Crippen molar-refractivity contribution in [2.45, 2.75) is 24.8 Å². The van der Waals surface area contributed by atoms with E-state index in [2.05, 4.69) is 9.71 Å². The summed E-state index contributed by atoms with van der Waals surface area (Å²) >= 11 is 0. The third-order valence-corrected chi connectivity index (χ3v) is 5.80. The minimum absolute atomic E-state index is 0.212. The van der Waals surface area contributed by atoms with Gasteiger partial charge in [-0.2, -0.15) is 4.72 Å². The quantitative estimate of drug-likeness (QED) is 0.747. The molecule has 0 bridgehead atoms. The van der Waals surface area contributed by atoms with Crippen LogP contribution in [0.25, 0.3) is 0 Å². The molecule has 0 amide bonds. The number of halogens is 1. The molecule has 0 unspecified atom stereocenters. The first-order valence-electron chi connectivity index (χ1n) is 8.10. The maximum absolute atomic E-state index is 13.3. The smallest absolute Gasteiger partial charge is 0.241 e. The standard InChI is InChI=1S/C19H20FN3O2S/c1-13-4-9-17(14(2)12-13)26(24,25)22-18(19-21-10-11-23(19)3)15-5-7-16(20)8-6-15/h4-12,18,22H,1-3H3/t18-/m1/s1. The number of rotatable bonds is 5. The third kappa shape index (κ3) is 3.68. The molecule has 0 aliphatic rings. The summed E-state index contributed by atoms with van der Waals surface area (Å²) in [5.74, 6) is 0.134. The van der Waals surface area contributed by atoms with Crippen LogP contribution in [-0.2, 0) is 17.1 Å². The normalized spacial score (nSPS) is 12.9. The first-order chi connectivity index (χ1) is 12.3. The number of nitrogens with zero attached hydrogens (tertiary/aromatic N) is 2. The molecule has 1 atom stereocenters. The number of hydrogen-bond donors (Lipinski definition) is 1. The molecule has 0 saturated carbocycles. The van der Waals surface area contributed by atoms with Crippen LogP contribution < -0.4 is 4.72 Å². The van der Waals surface area contributed by atoms with Crippen LogP contribution in [0.2, 0.25) is 0 Å². The lowest BCUT2D eigenvalue weighted by atomic mass is 10.1. The monoisotopic (exact) mass is 373 g/mol. The predicted molar refractivity (Wildman–Crippen MR) is 97.7 cm³/mol. The van der Waals surface area contributed by atoms with E-state index in [-0.39, 0.29) is 10.7 Å². The Kier molecular flexibility index (Phi) is 4.93. The van der Waals surface area contributed by atoms with Gasteiger partial charge in [0.25, 0.3) is 0 Å². The van der Waals surface area contributed by atoms with Crippen LogP contribution in [0.5, 0.6) is 0 Å². The van der Waals surface area contributed by atoms with Gasteiger partial charge in [0.15, 0.2) is 0 Å². The highest BCUT2D eigenvalue weighted by Gasteiger charge is 2.26. The van der Waals surface area contributed by atoms with Gasteiger partial charge >= 0.3 is 0 Å². The Hall–Kier alpha value is -2.51. The van der Waals surface area contributed by atoms with Gasteiger partial charge in [-0.05, 0) is 43.2 Å². The fourth-order valence-electron chi connectivity index (χ4n) is 2.90. The fourth-order valence-corrected chi connectivity index (χ4v) is 4.31. The zero-order chi connectivity index (χ0) is 18.9. The van der Waals surface area contributed by atoms with Crippen molar-refractivity contribution in [3.8, 4) is 0 Å². The highest BCUT2D eigenvalue weighted by Crippen LogP contribution is 2.25. The summed E-state index contributed by atoms with van der Waals surface area (Å²) in [7, 11) is -2.02. The number of hydrogen-bond acceptors (Lipinski definition) is 3. The van der Waals surface area contributed by atoms with Gasteiger partial charge in [-0.25, -0.2) is 17.8 Å². The van der Waals surface area contributed by atoms with Gasteiger partial charge in [-0.3, -0.25) is 0 Å². The molecule has 136 valence electrons. The van der Waals surface area contributed by atoms with Crippen LogP contribution in [0.1, 0.15) is 28.6 Å². The Morgan fingerprint density at radius 3 is 2.38 bits per heavy atom. The van der Waals surface area contributed by atoms with E-state index in [1.54, 1.807) is 55.2 Å². The lowest BCUT2D eigenvalue weighted by Crippen LogP contribution is -2.31. The Morgan fingerprint density at radius 1 is 1.12 bits per heavy atom. The van der Waals surface area contributed by atoms with Crippen molar-refractivity contribution in [2.75, 3.05) is 0 Å². The molecule has 3 rings (SSSR count). The largest absolute Gasteiger partial charge is 0.336 e. The van der Waals surface area contributed by atoms with E-state index in [0.717, 1.165) is 5.56 Å². The van der Waals surface area contributed by atoms with Crippen LogP contribution >= 0.6 is 0 Å². The lowest BCUT2D eigenvalue weighted by molar-refractivity contribution is 0.561. The second kappa shape index (κ2) is 7.01. The van der Waals surface area contributed by atoms with Crippen molar-refractivity contribution in [1.82, 2.24) is 14.3 Å². The second-order valence-electron chi connectivity index (χ2n) is 6.27. The molecule has 7 heteroatoms. The maximum atomic E-state index is 13.3. The van der Waals surface area contributed by atoms with Gasteiger partial charge in [0.1, 0.15) is 17.7 Å². The number of nitrogens with one attached hydrogen (secondary N) is 1. The van der Waals surface area contributed by atoms with Crippen molar-refractivity contribution in [1.29, 1.82) is 0 Å². The first kappa shape index (κ1) is 18.3. The molecule has 0 aliphatic carbocycles. The highest BCUT2D eigenvalue weighted by atomic mass is 32.2. The van der Waals surface area contributed by atoms with E-state index >= 15 is 0 Å². The highest BCUT2D eigenvalue weighted by molar-refractivity contribution is 7.89. The Bertz CT molecular complexity index is 1030. The van der Waals surface area contributed by atoms with Crippen LogP contribution in [0, 0.1) is 19.7 Å². The molecule has 1 N–H and O–H groups in total. The number of aromatic nitrogens is 2. The van der Waals surface area contributed by atoms with E-state index in [1.807, 2.05) is 13.0 Å². The number of imidazole rings is 1.